The first kappa shape index (κ1) is 14.9. The van der Waals surface area contributed by atoms with E-state index < -0.39 is 35.2 Å². The van der Waals surface area contributed by atoms with Crippen molar-refractivity contribution in [1.82, 2.24) is 4.90 Å². The lowest BCUT2D eigenvalue weighted by molar-refractivity contribution is -0.141. The summed E-state index contributed by atoms with van der Waals surface area (Å²) in [6.07, 6.45) is 0. The van der Waals surface area contributed by atoms with Crippen LogP contribution in [0.5, 0.6) is 5.75 Å². The molecule has 2 N–H and O–H groups in total. The third-order valence-corrected chi connectivity index (χ3v) is 2.58. The number of hydrogen-bond donors (Lipinski definition) is 2. The molecule has 1 atom stereocenters. The van der Waals surface area contributed by atoms with Crippen LogP contribution in [0, 0.1) is 17.6 Å². The lowest BCUT2D eigenvalue weighted by Crippen LogP contribution is -2.33. The molecule has 104 valence electrons. The van der Waals surface area contributed by atoms with Gasteiger partial charge in [0.1, 0.15) is 0 Å². The fraction of sp³-hybridized carbons (Fsp3) is 0.333. The molecule has 0 saturated heterocycles. The van der Waals surface area contributed by atoms with Crippen molar-refractivity contribution in [2.45, 2.75) is 6.92 Å². The summed E-state index contributed by atoms with van der Waals surface area (Å²) in [5.41, 5.74) is -0.298. The Morgan fingerprint density at radius 1 is 1.32 bits per heavy atom. The zero-order valence-corrected chi connectivity index (χ0v) is 10.4. The van der Waals surface area contributed by atoms with E-state index in [9.17, 15) is 18.4 Å². The highest BCUT2D eigenvalue weighted by Gasteiger charge is 2.21. The average molecular weight is 273 g/mol. The van der Waals surface area contributed by atoms with Crippen LogP contribution in [-0.4, -0.2) is 40.6 Å². The summed E-state index contributed by atoms with van der Waals surface area (Å²) in [6, 6.07) is 1.39. The minimum absolute atomic E-state index is 0.0989. The predicted molar refractivity (Wildman–Crippen MR) is 61.8 cm³/mol. The van der Waals surface area contributed by atoms with Crippen molar-refractivity contribution in [1.29, 1.82) is 0 Å². The fourth-order valence-electron chi connectivity index (χ4n) is 1.48. The molecule has 7 heteroatoms. The minimum Gasteiger partial charge on any atom is -0.503 e. The molecule has 1 aromatic rings. The van der Waals surface area contributed by atoms with Crippen LogP contribution in [0.4, 0.5) is 8.78 Å². The second-order valence-corrected chi connectivity index (χ2v) is 4.21. The van der Waals surface area contributed by atoms with Gasteiger partial charge in [0.05, 0.1) is 5.92 Å². The van der Waals surface area contributed by atoms with Crippen molar-refractivity contribution in [2.24, 2.45) is 5.92 Å². The maximum Gasteiger partial charge on any atom is 0.308 e. The Kier molecular flexibility index (Phi) is 4.42. The van der Waals surface area contributed by atoms with E-state index in [1.54, 1.807) is 0 Å². The molecular weight excluding hydrogens is 260 g/mol. The van der Waals surface area contributed by atoms with E-state index in [1.165, 1.54) is 14.0 Å². The summed E-state index contributed by atoms with van der Waals surface area (Å²) in [5.74, 6) is -6.27. The summed E-state index contributed by atoms with van der Waals surface area (Å²) >= 11 is 0. The summed E-state index contributed by atoms with van der Waals surface area (Å²) in [7, 11) is 1.32. The first-order valence-electron chi connectivity index (χ1n) is 5.40. The van der Waals surface area contributed by atoms with Crippen molar-refractivity contribution in [3.63, 3.8) is 0 Å². The Balaban J connectivity index is 2.91. The zero-order valence-electron chi connectivity index (χ0n) is 10.4. The molecule has 0 fully saturated rings. The first-order valence-corrected chi connectivity index (χ1v) is 5.40. The van der Waals surface area contributed by atoms with Gasteiger partial charge in [-0.3, -0.25) is 9.59 Å². The number of benzene rings is 1. The van der Waals surface area contributed by atoms with E-state index in [2.05, 4.69) is 0 Å². The molecule has 0 aliphatic rings. The zero-order chi connectivity index (χ0) is 14.7. The van der Waals surface area contributed by atoms with Gasteiger partial charge in [-0.05, 0) is 12.1 Å². The number of carbonyl (C=O) groups excluding carboxylic acids is 1. The van der Waals surface area contributed by atoms with Crippen LogP contribution < -0.4 is 0 Å². The van der Waals surface area contributed by atoms with Crippen LogP contribution in [0.25, 0.3) is 0 Å². The van der Waals surface area contributed by atoms with E-state index >= 15 is 0 Å². The van der Waals surface area contributed by atoms with E-state index in [1.807, 2.05) is 0 Å². The molecule has 0 saturated carbocycles. The van der Waals surface area contributed by atoms with Crippen LogP contribution in [0.3, 0.4) is 0 Å². The van der Waals surface area contributed by atoms with Gasteiger partial charge in [-0.25, -0.2) is 8.78 Å². The minimum atomic E-state index is -1.25. The van der Waals surface area contributed by atoms with Crippen molar-refractivity contribution in [3.8, 4) is 5.75 Å². The largest absolute Gasteiger partial charge is 0.503 e. The van der Waals surface area contributed by atoms with Gasteiger partial charge in [-0.15, -0.1) is 0 Å². The van der Waals surface area contributed by atoms with Gasteiger partial charge >= 0.3 is 5.97 Å². The van der Waals surface area contributed by atoms with Gasteiger partial charge in [-0.1, -0.05) is 6.92 Å². The molecule has 0 aliphatic heterocycles. The molecule has 0 spiro atoms. The van der Waals surface area contributed by atoms with Crippen molar-refractivity contribution < 1.29 is 28.6 Å². The lowest BCUT2D eigenvalue weighted by atomic mass is 10.1. The summed E-state index contributed by atoms with van der Waals surface area (Å²) in [6.45, 7) is 1.31. The topological polar surface area (TPSA) is 77.8 Å². The summed E-state index contributed by atoms with van der Waals surface area (Å²) in [5, 5.41) is 17.6. The molecule has 0 heterocycles. The molecule has 5 nitrogen and oxygen atoms in total. The lowest BCUT2D eigenvalue weighted by Gasteiger charge is -2.19. The maximum atomic E-state index is 13.1. The number of carboxylic acids is 1. The number of nitrogens with zero attached hydrogens (tertiary/aromatic N) is 1. The summed E-state index contributed by atoms with van der Waals surface area (Å²) < 4.78 is 26.2. The second-order valence-electron chi connectivity index (χ2n) is 4.21. The number of rotatable bonds is 4. The summed E-state index contributed by atoms with van der Waals surface area (Å²) in [4.78, 5) is 23.5. The van der Waals surface area contributed by atoms with Crippen molar-refractivity contribution in [2.75, 3.05) is 13.6 Å². The number of carbonyl (C=O) groups is 2. The highest BCUT2D eigenvalue weighted by molar-refractivity contribution is 5.94. The quantitative estimate of drug-likeness (QED) is 0.870. The molecule has 1 aromatic carbocycles. The molecule has 0 bridgehead atoms. The SMILES string of the molecule is CC(CN(C)C(=O)c1cc(F)c(O)c(F)c1)C(=O)O. The molecular formula is C12H13F2NO4. The first-order chi connectivity index (χ1) is 8.73. The number of phenolic OH excluding ortho intramolecular Hbond substituents is 1. The third-order valence-electron chi connectivity index (χ3n) is 2.58. The molecule has 0 radical (unpaired) electrons. The van der Waals surface area contributed by atoms with Crippen LogP contribution in [0.1, 0.15) is 17.3 Å². The van der Waals surface area contributed by atoms with Crippen LogP contribution >= 0.6 is 0 Å². The number of amides is 1. The van der Waals surface area contributed by atoms with Crippen LogP contribution in [0.15, 0.2) is 12.1 Å². The molecule has 1 unspecified atom stereocenters. The Morgan fingerprint density at radius 2 is 1.79 bits per heavy atom. The number of halogens is 2. The van der Waals surface area contributed by atoms with Gasteiger partial charge in [0, 0.05) is 19.2 Å². The fourth-order valence-corrected chi connectivity index (χ4v) is 1.48. The van der Waals surface area contributed by atoms with E-state index in [4.69, 9.17) is 10.2 Å². The predicted octanol–water partition coefficient (Wildman–Crippen LogP) is 1.46. The maximum absolute atomic E-state index is 13.1. The number of phenols is 1. The molecule has 0 aliphatic carbocycles. The standard InChI is InChI=1S/C12H13F2NO4/c1-6(12(18)19)5-15(2)11(17)7-3-8(13)10(16)9(14)4-7/h3-4,6,16H,5H2,1-2H3,(H,18,19). The van der Waals surface area contributed by atoms with Crippen LogP contribution in [0.2, 0.25) is 0 Å². The average Bonchev–Trinajstić information content (AvgIpc) is 2.33. The highest BCUT2D eigenvalue weighted by atomic mass is 19.1. The third kappa shape index (κ3) is 3.40. The monoisotopic (exact) mass is 273 g/mol. The molecule has 0 aromatic heterocycles. The highest BCUT2D eigenvalue weighted by Crippen LogP contribution is 2.22. The Hall–Kier alpha value is -2.18. The van der Waals surface area contributed by atoms with Gasteiger partial charge in [-0.2, -0.15) is 0 Å². The van der Waals surface area contributed by atoms with Gasteiger partial charge in [0.25, 0.3) is 5.91 Å². The molecule has 1 rings (SSSR count). The Bertz CT molecular complexity index is 495. The number of aromatic hydroxyl groups is 1. The van der Waals surface area contributed by atoms with E-state index in [0.717, 1.165) is 4.90 Å². The van der Waals surface area contributed by atoms with Crippen molar-refractivity contribution >= 4 is 11.9 Å². The second kappa shape index (κ2) is 5.64. The smallest absolute Gasteiger partial charge is 0.308 e. The Labute approximate surface area is 108 Å². The van der Waals surface area contributed by atoms with Crippen molar-refractivity contribution in [3.05, 3.63) is 29.3 Å². The Morgan fingerprint density at radius 3 is 2.21 bits per heavy atom. The van der Waals surface area contributed by atoms with E-state index in [-0.39, 0.29) is 12.1 Å². The number of aliphatic carboxylic acids is 1. The number of carboxylic acid groups (broad SMARTS) is 1. The van der Waals surface area contributed by atoms with Gasteiger partial charge < -0.3 is 15.1 Å². The van der Waals surface area contributed by atoms with E-state index in [0.29, 0.717) is 12.1 Å². The van der Waals surface area contributed by atoms with Gasteiger partial charge in [0.2, 0.25) is 0 Å². The molecule has 1 amide bonds. The normalized spacial score (nSPS) is 12.0. The number of hydrogen-bond acceptors (Lipinski definition) is 3. The van der Waals surface area contributed by atoms with Gasteiger partial charge in [0.15, 0.2) is 17.4 Å². The molecule has 19 heavy (non-hydrogen) atoms. The van der Waals surface area contributed by atoms with Crippen LogP contribution in [-0.2, 0) is 4.79 Å².